The lowest BCUT2D eigenvalue weighted by Gasteiger charge is -2.32. The van der Waals surface area contributed by atoms with E-state index in [1.807, 2.05) is 6.07 Å². The van der Waals surface area contributed by atoms with Crippen LogP contribution in [-0.4, -0.2) is 47.9 Å². The molecule has 0 amide bonds. The number of aromatic nitrogens is 2. The Kier molecular flexibility index (Phi) is 6.27. The minimum absolute atomic E-state index is 0.250. The number of para-hydroxylation sites is 1. The van der Waals surface area contributed by atoms with Crippen molar-refractivity contribution in [2.45, 2.75) is 38.6 Å². The van der Waals surface area contributed by atoms with Crippen molar-refractivity contribution in [1.29, 1.82) is 0 Å². The lowest BCUT2D eigenvalue weighted by Crippen LogP contribution is -2.37. The van der Waals surface area contributed by atoms with Crippen LogP contribution in [0.15, 0.2) is 36.7 Å². The molecule has 28 heavy (non-hydrogen) atoms. The Hall–Kier alpha value is -2.34. The molecule has 6 heteroatoms. The highest BCUT2D eigenvalue weighted by molar-refractivity contribution is 5.56. The topological polar surface area (TPSA) is 64.5 Å². The van der Waals surface area contributed by atoms with Crippen LogP contribution in [0.3, 0.4) is 0 Å². The first-order valence-corrected chi connectivity index (χ1v) is 10.6. The normalized spacial score (nSPS) is 20.2. The van der Waals surface area contributed by atoms with Gasteiger partial charge in [-0.05, 0) is 49.7 Å². The molecule has 2 saturated heterocycles. The number of nitrogens with zero attached hydrogens (tertiary/aromatic N) is 4. The quantitative estimate of drug-likeness (QED) is 0.801. The van der Waals surface area contributed by atoms with Crippen molar-refractivity contribution in [3.63, 3.8) is 0 Å². The predicted octanol–water partition coefficient (Wildman–Crippen LogP) is 3.29. The minimum Gasteiger partial charge on any atom is -0.396 e. The summed E-state index contributed by atoms with van der Waals surface area (Å²) < 4.78 is 0. The standard InChI is InChI=1S/C22H31N5O/c28-16-18-7-6-12-27(15-18)22-13-21(24-17-25-22)23-14-19-8-2-3-9-20(19)26-10-4-1-5-11-26/h2-3,8-9,13,17-18,28H,1,4-7,10-12,14-16H2,(H,23,24,25). The van der Waals surface area contributed by atoms with Crippen LogP contribution in [0.25, 0.3) is 0 Å². The first-order valence-electron chi connectivity index (χ1n) is 10.6. The first kappa shape index (κ1) is 19.0. The molecule has 1 atom stereocenters. The van der Waals surface area contributed by atoms with Crippen molar-refractivity contribution in [2.24, 2.45) is 5.92 Å². The molecule has 0 radical (unpaired) electrons. The third kappa shape index (κ3) is 4.55. The summed E-state index contributed by atoms with van der Waals surface area (Å²) in [4.78, 5) is 13.7. The highest BCUT2D eigenvalue weighted by Gasteiger charge is 2.20. The number of benzene rings is 1. The zero-order valence-electron chi connectivity index (χ0n) is 16.6. The predicted molar refractivity (Wildman–Crippen MR) is 114 cm³/mol. The SMILES string of the molecule is OCC1CCCN(c2cc(NCc3ccccc3N3CCCCC3)ncn2)C1. The molecule has 2 aromatic rings. The zero-order chi connectivity index (χ0) is 19.2. The van der Waals surface area contributed by atoms with Gasteiger partial charge in [-0.15, -0.1) is 0 Å². The molecule has 1 unspecified atom stereocenters. The summed E-state index contributed by atoms with van der Waals surface area (Å²) in [6.45, 7) is 5.16. The molecule has 1 aromatic carbocycles. The maximum absolute atomic E-state index is 9.48. The lowest BCUT2D eigenvalue weighted by molar-refractivity contribution is 0.208. The van der Waals surface area contributed by atoms with Crippen molar-refractivity contribution in [2.75, 3.05) is 47.9 Å². The van der Waals surface area contributed by atoms with Crippen LogP contribution < -0.4 is 15.1 Å². The summed E-state index contributed by atoms with van der Waals surface area (Å²) in [6, 6.07) is 10.7. The Morgan fingerprint density at radius 2 is 1.82 bits per heavy atom. The summed E-state index contributed by atoms with van der Waals surface area (Å²) in [6.07, 6.45) is 7.73. The minimum atomic E-state index is 0.250. The van der Waals surface area contributed by atoms with Gasteiger partial charge in [0.25, 0.3) is 0 Å². The van der Waals surface area contributed by atoms with E-state index in [9.17, 15) is 5.11 Å². The molecule has 0 aliphatic carbocycles. The molecular formula is C22H31N5O. The number of anilines is 3. The number of aliphatic hydroxyl groups excluding tert-OH is 1. The summed E-state index contributed by atoms with van der Waals surface area (Å²) in [7, 11) is 0. The van der Waals surface area contributed by atoms with Crippen LogP contribution in [0.2, 0.25) is 0 Å². The van der Waals surface area contributed by atoms with E-state index in [2.05, 4.69) is 49.4 Å². The number of piperidine rings is 2. The third-order valence-electron chi connectivity index (χ3n) is 5.90. The van der Waals surface area contributed by atoms with Gasteiger partial charge in [0.15, 0.2) is 0 Å². The molecule has 1 aromatic heterocycles. The smallest absolute Gasteiger partial charge is 0.134 e. The fourth-order valence-corrected chi connectivity index (χ4v) is 4.33. The maximum atomic E-state index is 9.48. The fourth-order valence-electron chi connectivity index (χ4n) is 4.33. The maximum Gasteiger partial charge on any atom is 0.134 e. The van der Waals surface area contributed by atoms with E-state index in [0.29, 0.717) is 5.92 Å². The van der Waals surface area contributed by atoms with E-state index in [1.54, 1.807) is 6.33 Å². The van der Waals surface area contributed by atoms with Gasteiger partial charge in [0.1, 0.15) is 18.0 Å². The largest absolute Gasteiger partial charge is 0.396 e. The Morgan fingerprint density at radius 1 is 1.00 bits per heavy atom. The Labute approximate surface area is 167 Å². The Morgan fingerprint density at radius 3 is 2.68 bits per heavy atom. The van der Waals surface area contributed by atoms with E-state index in [0.717, 1.165) is 57.2 Å². The number of nitrogens with one attached hydrogen (secondary N) is 1. The van der Waals surface area contributed by atoms with E-state index < -0.39 is 0 Å². The average Bonchev–Trinajstić information content (AvgIpc) is 2.79. The summed E-state index contributed by atoms with van der Waals surface area (Å²) in [5.74, 6) is 2.14. The van der Waals surface area contributed by atoms with Crippen molar-refractivity contribution in [3.05, 3.63) is 42.2 Å². The monoisotopic (exact) mass is 381 g/mol. The van der Waals surface area contributed by atoms with Gasteiger partial charge in [-0.3, -0.25) is 0 Å². The molecule has 2 aliphatic rings. The number of rotatable bonds is 6. The van der Waals surface area contributed by atoms with E-state index in [1.165, 1.54) is 30.5 Å². The Bertz CT molecular complexity index is 762. The van der Waals surface area contributed by atoms with Crippen LogP contribution in [0.4, 0.5) is 17.3 Å². The highest BCUT2D eigenvalue weighted by atomic mass is 16.3. The van der Waals surface area contributed by atoms with E-state index >= 15 is 0 Å². The van der Waals surface area contributed by atoms with E-state index in [4.69, 9.17) is 0 Å². The zero-order valence-corrected chi connectivity index (χ0v) is 16.6. The van der Waals surface area contributed by atoms with Crippen LogP contribution in [0, 0.1) is 5.92 Å². The van der Waals surface area contributed by atoms with Gasteiger partial charge in [0, 0.05) is 51.1 Å². The number of aliphatic hydroxyl groups is 1. The van der Waals surface area contributed by atoms with Crippen LogP contribution in [-0.2, 0) is 6.54 Å². The molecule has 6 nitrogen and oxygen atoms in total. The second kappa shape index (κ2) is 9.24. The van der Waals surface area contributed by atoms with Gasteiger partial charge < -0.3 is 20.2 Å². The van der Waals surface area contributed by atoms with Gasteiger partial charge in [0.05, 0.1) is 0 Å². The highest BCUT2D eigenvalue weighted by Crippen LogP contribution is 2.26. The summed E-state index contributed by atoms with van der Waals surface area (Å²) in [5, 5.41) is 13.0. The van der Waals surface area contributed by atoms with Gasteiger partial charge in [-0.2, -0.15) is 0 Å². The van der Waals surface area contributed by atoms with Crippen LogP contribution >= 0.6 is 0 Å². The number of hydrogen-bond donors (Lipinski definition) is 2. The van der Waals surface area contributed by atoms with Crippen molar-refractivity contribution in [1.82, 2.24) is 9.97 Å². The summed E-state index contributed by atoms with van der Waals surface area (Å²) >= 11 is 0. The van der Waals surface area contributed by atoms with Crippen molar-refractivity contribution < 1.29 is 5.11 Å². The van der Waals surface area contributed by atoms with Crippen molar-refractivity contribution in [3.8, 4) is 0 Å². The fraction of sp³-hybridized carbons (Fsp3) is 0.545. The molecule has 0 spiro atoms. The molecule has 4 rings (SSSR count). The van der Waals surface area contributed by atoms with Crippen molar-refractivity contribution >= 4 is 17.3 Å². The molecule has 150 valence electrons. The number of hydrogen-bond acceptors (Lipinski definition) is 6. The average molecular weight is 382 g/mol. The summed E-state index contributed by atoms with van der Waals surface area (Å²) in [5.41, 5.74) is 2.65. The third-order valence-corrected chi connectivity index (χ3v) is 5.90. The molecule has 2 N–H and O–H groups in total. The van der Waals surface area contributed by atoms with Crippen LogP contribution in [0.5, 0.6) is 0 Å². The van der Waals surface area contributed by atoms with Crippen LogP contribution in [0.1, 0.15) is 37.7 Å². The lowest BCUT2D eigenvalue weighted by atomic mass is 9.99. The Balaban J connectivity index is 1.43. The second-order valence-electron chi connectivity index (χ2n) is 7.93. The van der Waals surface area contributed by atoms with Gasteiger partial charge in [0.2, 0.25) is 0 Å². The van der Waals surface area contributed by atoms with Gasteiger partial charge in [-0.25, -0.2) is 9.97 Å². The molecule has 2 fully saturated rings. The molecule has 2 aliphatic heterocycles. The molecule has 3 heterocycles. The molecule has 0 saturated carbocycles. The first-order chi connectivity index (χ1) is 13.8. The van der Waals surface area contributed by atoms with Gasteiger partial charge in [-0.1, -0.05) is 18.2 Å². The van der Waals surface area contributed by atoms with E-state index in [-0.39, 0.29) is 6.61 Å². The van der Waals surface area contributed by atoms with Gasteiger partial charge >= 0.3 is 0 Å². The molecule has 0 bridgehead atoms. The second-order valence-corrected chi connectivity index (χ2v) is 7.93. The molecular weight excluding hydrogens is 350 g/mol.